The van der Waals surface area contributed by atoms with Crippen molar-refractivity contribution >= 4 is 11.0 Å². The van der Waals surface area contributed by atoms with Gasteiger partial charge < -0.3 is 15.7 Å². The normalized spacial score (nSPS) is 11.2. The molecule has 0 spiro atoms. The number of aromatic nitrogens is 4. The lowest BCUT2D eigenvalue weighted by atomic mass is 10.1. The van der Waals surface area contributed by atoms with E-state index in [-0.39, 0.29) is 5.69 Å². The van der Waals surface area contributed by atoms with Crippen LogP contribution in [0.2, 0.25) is 0 Å². The van der Waals surface area contributed by atoms with Crippen molar-refractivity contribution < 1.29 is 0 Å². The van der Waals surface area contributed by atoms with Crippen molar-refractivity contribution in [2.45, 2.75) is 6.54 Å². The number of imidazole rings is 1. The van der Waals surface area contributed by atoms with Gasteiger partial charge >= 0.3 is 5.69 Å². The number of fused-ring (bicyclic) bond motifs is 1. The van der Waals surface area contributed by atoms with E-state index in [9.17, 15) is 4.79 Å². The minimum absolute atomic E-state index is 0.199. The summed E-state index contributed by atoms with van der Waals surface area (Å²) in [4.78, 5) is 16.7. The van der Waals surface area contributed by atoms with E-state index in [4.69, 9.17) is 5.73 Å². The first-order valence-corrected chi connectivity index (χ1v) is 5.63. The molecule has 0 radical (unpaired) electrons. The number of hydrogen-bond acceptors (Lipinski definition) is 3. The molecule has 0 fully saturated rings. The maximum absolute atomic E-state index is 11.2. The lowest BCUT2D eigenvalue weighted by molar-refractivity contribution is 0.749. The number of nitrogens with zero attached hydrogens (tertiary/aromatic N) is 2. The summed E-state index contributed by atoms with van der Waals surface area (Å²) in [6.07, 6.45) is 0. The predicted molar refractivity (Wildman–Crippen MR) is 69.0 cm³/mol. The van der Waals surface area contributed by atoms with Gasteiger partial charge in [-0.1, -0.05) is 6.07 Å². The highest BCUT2D eigenvalue weighted by Gasteiger charge is 2.08. The molecule has 2 heterocycles. The van der Waals surface area contributed by atoms with E-state index in [1.807, 2.05) is 31.3 Å². The monoisotopic (exact) mass is 243 g/mol. The minimum Gasteiger partial charge on any atom is -0.325 e. The highest BCUT2D eigenvalue weighted by Crippen LogP contribution is 2.22. The second-order valence-electron chi connectivity index (χ2n) is 4.19. The Morgan fingerprint density at radius 1 is 1.28 bits per heavy atom. The molecule has 0 aliphatic heterocycles. The minimum atomic E-state index is -0.199. The number of hydrogen-bond donors (Lipinski definition) is 3. The molecule has 0 bridgehead atoms. The first-order valence-electron chi connectivity index (χ1n) is 5.63. The Kier molecular flexibility index (Phi) is 2.31. The molecule has 0 amide bonds. The van der Waals surface area contributed by atoms with Crippen LogP contribution in [0.15, 0.2) is 29.1 Å². The number of rotatable bonds is 2. The molecule has 0 aliphatic carbocycles. The maximum Gasteiger partial charge on any atom is 0.323 e. The molecule has 0 aliphatic rings. The Labute approximate surface area is 102 Å². The summed E-state index contributed by atoms with van der Waals surface area (Å²) in [5.74, 6) is 0. The molecule has 0 unspecified atom stereocenters. The number of nitrogens with two attached hydrogens (primary N) is 1. The Morgan fingerprint density at radius 2 is 2.06 bits per heavy atom. The fourth-order valence-corrected chi connectivity index (χ4v) is 2.09. The third kappa shape index (κ3) is 1.63. The largest absolute Gasteiger partial charge is 0.325 e. The zero-order valence-electron chi connectivity index (χ0n) is 9.90. The fourth-order valence-electron chi connectivity index (χ4n) is 2.09. The molecule has 6 nitrogen and oxygen atoms in total. The second kappa shape index (κ2) is 3.85. The van der Waals surface area contributed by atoms with Crippen molar-refractivity contribution in [3.8, 4) is 11.3 Å². The molecule has 3 aromatic rings. The lowest BCUT2D eigenvalue weighted by Gasteiger charge is -2.01. The van der Waals surface area contributed by atoms with Crippen LogP contribution in [0.25, 0.3) is 22.3 Å². The molecule has 1 aromatic carbocycles. The Hall–Kier alpha value is -2.34. The van der Waals surface area contributed by atoms with Gasteiger partial charge in [-0.05, 0) is 18.2 Å². The number of aryl methyl sites for hydroxylation is 1. The van der Waals surface area contributed by atoms with Gasteiger partial charge in [-0.2, -0.15) is 5.10 Å². The SMILES string of the molecule is Cn1nc(CN)cc1-c1ccc2[nH]c(=O)[nH]c2c1. The molecule has 0 saturated heterocycles. The van der Waals surface area contributed by atoms with Gasteiger partial charge in [-0.3, -0.25) is 4.68 Å². The molecule has 92 valence electrons. The summed E-state index contributed by atoms with van der Waals surface area (Å²) < 4.78 is 1.79. The third-order valence-corrected chi connectivity index (χ3v) is 2.95. The Morgan fingerprint density at radius 3 is 2.78 bits per heavy atom. The van der Waals surface area contributed by atoms with Crippen LogP contribution in [-0.4, -0.2) is 19.7 Å². The summed E-state index contributed by atoms with van der Waals surface area (Å²) in [5, 5.41) is 4.30. The van der Waals surface area contributed by atoms with E-state index in [1.165, 1.54) is 0 Å². The highest BCUT2D eigenvalue weighted by atomic mass is 16.1. The van der Waals surface area contributed by atoms with Gasteiger partial charge in [0.2, 0.25) is 0 Å². The van der Waals surface area contributed by atoms with Crippen LogP contribution in [-0.2, 0) is 13.6 Å². The summed E-state index contributed by atoms with van der Waals surface area (Å²) in [6, 6.07) is 7.69. The zero-order valence-corrected chi connectivity index (χ0v) is 9.90. The van der Waals surface area contributed by atoms with Crippen LogP contribution in [0.1, 0.15) is 5.69 Å². The number of H-pyrrole nitrogens is 2. The van der Waals surface area contributed by atoms with E-state index in [0.717, 1.165) is 28.0 Å². The van der Waals surface area contributed by atoms with Gasteiger partial charge in [-0.25, -0.2) is 4.79 Å². The summed E-state index contributed by atoms with van der Waals surface area (Å²) in [6.45, 7) is 0.414. The van der Waals surface area contributed by atoms with Gasteiger partial charge in [0, 0.05) is 19.2 Å². The van der Waals surface area contributed by atoms with Crippen molar-refractivity contribution in [1.82, 2.24) is 19.7 Å². The summed E-state index contributed by atoms with van der Waals surface area (Å²) in [7, 11) is 1.87. The van der Waals surface area contributed by atoms with Gasteiger partial charge in [0.05, 0.1) is 22.4 Å². The molecular formula is C12H13N5O. The lowest BCUT2D eigenvalue weighted by Crippen LogP contribution is -1.99. The molecular weight excluding hydrogens is 230 g/mol. The van der Waals surface area contributed by atoms with E-state index in [0.29, 0.717) is 6.54 Å². The molecule has 18 heavy (non-hydrogen) atoms. The van der Waals surface area contributed by atoms with E-state index in [1.54, 1.807) is 4.68 Å². The van der Waals surface area contributed by atoms with Gasteiger partial charge in [0.1, 0.15) is 0 Å². The van der Waals surface area contributed by atoms with Crippen LogP contribution in [0, 0.1) is 0 Å². The smallest absolute Gasteiger partial charge is 0.323 e. The van der Waals surface area contributed by atoms with E-state index < -0.39 is 0 Å². The second-order valence-corrected chi connectivity index (χ2v) is 4.19. The first-order chi connectivity index (χ1) is 8.67. The highest BCUT2D eigenvalue weighted by molar-refractivity contribution is 5.80. The quantitative estimate of drug-likeness (QED) is 0.619. The van der Waals surface area contributed by atoms with Crippen LogP contribution in [0.3, 0.4) is 0 Å². The molecule has 2 aromatic heterocycles. The zero-order chi connectivity index (χ0) is 12.7. The number of aromatic amines is 2. The molecule has 3 rings (SSSR count). The Balaban J connectivity index is 2.18. The summed E-state index contributed by atoms with van der Waals surface area (Å²) in [5.41, 5.74) is 9.77. The van der Waals surface area contributed by atoms with Crippen LogP contribution in [0.4, 0.5) is 0 Å². The van der Waals surface area contributed by atoms with Crippen LogP contribution >= 0.6 is 0 Å². The maximum atomic E-state index is 11.2. The summed E-state index contributed by atoms with van der Waals surface area (Å²) >= 11 is 0. The van der Waals surface area contributed by atoms with Crippen molar-refractivity contribution in [2.75, 3.05) is 0 Å². The number of benzene rings is 1. The standard InChI is InChI=1S/C12H13N5O/c1-17-11(5-8(6-13)16-17)7-2-3-9-10(4-7)15-12(18)14-9/h2-5H,6,13H2,1H3,(H2,14,15,18). The average Bonchev–Trinajstić information content (AvgIpc) is 2.89. The van der Waals surface area contributed by atoms with E-state index >= 15 is 0 Å². The van der Waals surface area contributed by atoms with E-state index in [2.05, 4.69) is 15.1 Å². The van der Waals surface area contributed by atoms with Crippen LogP contribution < -0.4 is 11.4 Å². The molecule has 6 heteroatoms. The van der Waals surface area contributed by atoms with Crippen molar-refractivity contribution in [3.63, 3.8) is 0 Å². The third-order valence-electron chi connectivity index (χ3n) is 2.95. The van der Waals surface area contributed by atoms with Gasteiger partial charge in [0.15, 0.2) is 0 Å². The molecule has 0 saturated carbocycles. The first kappa shape index (κ1) is 10.8. The van der Waals surface area contributed by atoms with Gasteiger partial charge in [0.25, 0.3) is 0 Å². The molecule has 4 N–H and O–H groups in total. The van der Waals surface area contributed by atoms with Crippen molar-refractivity contribution in [1.29, 1.82) is 0 Å². The predicted octanol–water partition coefficient (Wildman–Crippen LogP) is 0.715. The van der Waals surface area contributed by atoms with Gasteiger partial charge in [-0.15, -0.1) is 0 Å². The fraction of sp³-hybridized carbons (Fsp3) is 0.167. The molecule has 0 atom stereocenters. The van der Waals surface area contributed by atoms with Crippen molar-refractivity contribution in [2.24, 2.45) is 12.8 Å². The topological polar surface area (TPSA) is 92.5 Å². The Bertz CT molecular complexity index is 764. The van der Waals surface area contributed by atoms with Crippen molar-refractivity contribution in [3.05, 3.63) is 40.4 Å². The van der Waals surface area contributed by atoms with Crippen LogP contribution in [0.5, 0.6) is 0 Å². The number of nitrogens with one attached hydrogen (secondary N) is 2. The average molecular weight is 243 g/mol.